The van der Waals surface area contributed by atoms with Crippen molar-refractivity contribution in [3.8, 4) is 0 Å². The smallest absolute Gasteiger partial charge is 0.317 e. The van der Waals surface area contributed by atoms with Gasteiger partial charge in [0.15, 0.2) is 0 Å². The van der Waals surface area contributed by atoms with Crippen molar-refractivity contribution in [3.63, 3.8) is 0 Å². The van der Waals surface area contributed by atoms with Crippen LogP contribution in [0.3, 0.4) is 0 Å². The van der Waals surface area contributed by atoms with Crippen LogP contribution in [0.1, 0.15) is 31.1 Å². The van der Waals surface area contributed by atoms with E-state index in [2.05, 4.69) is 39.4 Å². The third-order valence-corrected chi connectivity index (χ3v) is 4.33. The summed E-state index contributed by atoms with van der Waals surface area (Å²) in [5.41, 5.74) is 0. The Kier molecular flexibility index (Phi) is 4.24. The number of nitrogens with one attached hydrogen (secondary N) is 2. The van der Waals surface area contributed by atoms with Crippen molar-refractivity contribution in [3.05, 3.63) is 30.4 Å². The Bertz CT molecular complexity index is 498. The molecule has 6 nitrogen and oxygen atoms in total. The topological polar surface area (TPSA) is 64.3 Å². The van der Waals surface area contributed by atoms with Gasteiger partial charge in [0, 0.05) is 38.1 Å². The summed E-state index contributed by atoms with van der Waals surface area (Å²) in [6, 6.07) is 0.366. The molecule has 114 valence electrons. The van der Waals surface area contributed by atoms with Crippen LogP contribution in [0.4, 0.5) is 4.79 Å². The minimum Gasteiger partial charge on any atom is -0.347 e. The number of aromatic nitrogens is 2. The summed E-state index contributed by atoms with van der Waals surface area (Å²) in [4.78, 5) is 24.0. The molecule has 6 heteroatoms. The molecule has 1 aliphatic heterocycles. The largest absolute Gasteiger partial charge is 0.347 e. The van der Waals surface area contributed by atoms with Gasteiger partial charge >= 0.3 is 6.03 Å². The minimum absolute atomic E-state index is 0.0382. The first-order valence-corrected chi connectivity index (χ1v) is 7.65. The summed E-state index contributed by atoms with van der Waals surface area (Å²) >= 11 is 0. The van der Waals surface area contributed by atoms with Crippen molar-refractivity contribution < 1.29 is 4.79 Å². The molecule has 0 saturated carbocycles. The van der Waals surface area contributed by atoms with Gasteiger partial charge in [0.25, 0.3) is 0 Å². The van der Waals surface area contributed by atoms with E-state index in [-0.39, 0.29) is 18.1 Å². The van der Waals surface area contributed by atoms with Crippen LogP contribution in [0.2, 0.25) is 0 Å². The standard InChI is InChI=1S/C15H23N5O/c1-19-9-10-20(11-13(19)14-16-7-8-17-14)15(21)18-12-5-3-2-4-6-12/h3,5,7-8,12-13H,2,4,6,9-11H2,1H3,(H,16,17)(H,18,21)/t12-,13-/m0/s1. The van der Waals surface area contributed by atoms with Crippen LogP contribution in [0.5, 0.6) is 0 Å². The molecule has 0 radical (unpaired) electrons. The molecular formula is C15H23N5O. The second-order valence-electron chi connectivity index (χ2n) is 5.83. The number of carbonyl (C=O) groups excluding carboxylic acids is 1. The number of nitrogens with zero attached hydrogens (tertiary/aromatic N) is 3. The molecule has 0 spiro atoms. The SMILES string of the molecule is CN1CCN(C(=O)N[C@H]2C=CCCC2)C[C@H]1c1ncc[nH]1. The summed E-state index contributed by atoms with van der Waals surface area (Å²) < 4.78 is 0. The Hall–Kier alpha value is -1.82. The van der Waals surface area contributed by atoms with Gasteiger partial charge in [0.2, 0.25) is 0 Å². The Labute approximate surface area is 125 Å². The molecule has 2 heterocycles. The van der Waals surface area contributed by atoms with E-state index in [0.717, 1.165) is 38.2 Å². The highest BCUT2D eigenvalue weighted by Crippen LogP contribution is 2.21. The zero-order valence-electron chi connectivity index (χ0n) is 12.5. The monoisotopic (exact) mass is 289 g/mol. The molecule has 1 aromatic rings. The van der Waals surface area contributed by atoms with Gasteiger partial charge in [0.1, 0.15) is 5.82 Å². The van der Waals surface area contributed by atoms with Gasteiger partial charge in [-0.2, -0.15) is 0 Å². The molecule has 2 amide bonds. The number of rotatable bonds is 2. The summed E-state index contributed by atoms with van der Waals surface area (Å²) in [5, 5.41) is 3.12. The number of carbonyl (C=O) groups is 1. The van der Waals surface area contributed by atoms with Crippen LogP contribution in [0.15, 0.2) is 24.5 Å². The Morgan fingerprint density at radius 2 is 2.38 bits per heavy atom. The maximum absolute atomic E-state index is 12.4. The molecule has 1 fully saturated rings. The van der Waals surface area contributed by atoms with Crippen LogP contribution in [-0.2, 0) is 0 Å². The molecule has 21 heavy (non-hydrogen) atoms. The predicted octanol–water partition coefficient (Wildman–Crippen LogP) is 1.52. The third kappa shape index (κ3) is 3.26. The third-order valence-electron chi connectivity index (χ3n) is 4.33. The molecule has 2 atom stereocenters. The van der Waals surface area contributed by atoms with E-state index >= 15 is 0 Å². The van der Waals surface area contributed by atoms with Crippen LogP contribution in [0.25, 0.3) is 0 Å². The molecule has 0 unspecified atom stereocenters. The fourth-order valence-corrected chi connectivity index (χ4v) is 3.00. The average molecular weight is 289 g/mol. The van der Waals surface area contributed by atoms with Crippen LogP contribution >= 0.6 is 0 Å². The highest BCUT2D eigenvalue weighted by atomic mass is 16.2. The zero-order chi connectivity index (χ0) is 14.7. The first-order chi connectivity index (χ1) is 10.2. The number of hydrogen-bond acceptors (Lipinski definition) is 3. The summed E-state index contributed by atoms with van der Waals surface area (Å²) in [5.74, 6) is 0.924. The Balaban J connectivity index is 1.61. The number of hydrogen-bond donors (Lipinski definition) is 2. The van der Waals surface area contributed by atoms with Crippen molar-refractivity contribution in [2.24, 2.45) is 0 Å². The molecule has 0 bridgehead atoms. The van der Waals surface area contributed by atoms with Crippen molar-refractivity contribution in [1.82, 2.24) is 25.1 Å². The predicted molar refractivity (Wildman–Crippen MR) is 80.8 cm³/mol. The van der Waals surface area contributed by atoms with Crippen molar-refractivity contribution in [1.29, 1.82) is 0 Å². The quantitative estimate of drug-likeness (QED) is 0.811. The molecule has 3 rings (SSSR count). The lowest BCUT2D eigenvalue weighted by Crippen LogP contribution is -2.53. The van der Waals surface area contributed by atoms with E-state index in [4.69, 9.17) is 0 Å². The van der Waals surface area contributed by atoms with E-state index in [1.165, 1.54) is 0 Å². The maximum atomic E-state index is 12.4. The van der Waals surface area contributed by atoms with Crippen molar-refractivity contribution >= 4 is 6.03 Å². The normalized spacial score (nSPS) is 26.8. The number of aromatic amines is 1. The maximum Gasteiger partial charge on any atom is 0.317 e. The minimum atomic E-state index is 0.0382. The second kappa shape index (κ2) is 6.30. The van der Waals surface area contributed by atoms with Crippen molar-refractivity contribution in [2.45, 2.75) is 31.3 Å². The van der Waals surface area contributed by atoms with Crippen molar-refractivity contribution in [2.75, 3.05) is 26.7 Å². The number of H-pyrrole nitrogens is 1. The lowest BCUT2D eigenvalue weighted by atomic mass is 10.0. The lowest BCUT2D eigenvalue weighted by molar-refractivity contribution is 0.105. The van der Waals surface area contributed by atoms with Crippen LogP contribution in [0, 0.1) is 0 Å². The van der Waals surface area contributed by atoms with Gasteiger partial charge in [-0.1, -0.05) is 12.2 Å². The van der Waals surface area contributed by atoms with Gasteiger partial charge < -0.3 is 15.2 Å². The van der Waals surface area contributed by atoms with Gasteiger partial charge in [-0.25, -0.2) is 9.78 Å². The van der Waals surface area contributed by atoms with Crippen LogP contribution in [-0.4, -0.2) is 58.5 Å². The molecule has 1 aliphatic carbocycles. The zero-order valence-corrected chi connectivity index (χ0v) is 12.5. The molecule has 1 aromatic heterocycles. The van der Waals surface area contributed by atoms with E-state index in [1.807, 2.05) is 11.1 Å². The van der Waals surface area contributed by atoms with Gasteiger partial charge in [-0.05, 0) is 26.3 Å². The molecule has 1 saturated heterocycles. The first-order valence-electron chi connectivity index (χ1n) is 7.65. The molecule has 2 aliphatic rings. The number of amides is 2. The Morgan fingerprint density at radius 3 is 3.10 bits per heavy atom. The molecule has 2 N–H and O–H groups in total. The highest BCUT2D eigenvalue weighted by Gasteiger charge is 2.30. The number of imidazole rings is 1. The number of allylic oxidation sites excluding steroid dienone is 1. The van der Waals surface area contributed by atoms with Crippen LogP contribution < -0.4 is 5.32 Å². The fraction of sp³-hybridized carbons (Fsp3) is 0.600. The van der Waals surface area contributed by atoms with Gasteiger partial charge in [-0.3, -0.25) is 4.90 Å². The summed E-state index contributed by atoms with van der Waals surface area (Å²) in [6.07, 6.45) is 11.2. The van der Waals surface area contributed by atoms with Gasteiger partial charge in [-0.15, -0.1) is 0 Å². The second-order valence-corrected chi connectivity index (χ2v) is 5.83. The molecule has 0 aromatic carbocycles. The van der Waals surface area contributed by atoms with Gasteiger partial charge in [0.05, 0.1) is 6.04 Å². The highest BCUT2D eigenvalue weighted by molar-refractivity contribution is 5.75. The van der Waals surface area contributed by atoms with E-state index in [0.29, 0.717) is 6.54 Å². The molecular weight excluding hydrogens is 266 g/mol. The Morgan fingerprint density at radius 1 is 1.48 bits per heavy atom. The average Bonchev–Trinajstić information content (AvgIpc) is 3.03. The number of piperazine rings is 1. The lowest BCUT2D eigenvalue weighted by Gasteiger charge is -2.39. The van der Waals surface area contributed by atoms with E-state index in [9.17, 15) is 4.79 Å². The fourth-order valence-electron chi connectivity index (χ4n) is 3.00. The van der Waals surface area contributed by atoms with E-state index < -0.39 is 0 Å². The summed E-state index contributed by atoms with van der Waals surface area (Å²) in [7, 11) is 2.08. The number of likely N-dealkylation sites (N-methyl/N-ethyl adjacent to an activating group) is 1. The first kappa shape index (κ1) is 14.1. The van der Waals surface area contributed by atoms with E-state index in [1.54, 1.807) is 6.20 Å². The summed E-state index contributed by atoms with van der Waals surface area (Å²) in [6.45, 7) is 2.29. The number of urea groups is 1.